The minimum atomic E-state index is -2.03. The summed E-state index contributed by atoms with van der Waals surface area (Å²) in [7, 11) is 0. The fourth-order valence-corrected chi connectivity index (χ4v) is 4.77. The molecule has 3 fully saturated rings. The number of aliphatic hydroxyl groups excluding tert-OH is 1. The van der Waals surface area contributed by atoms with Gasteiger partial charge in [-0.05, 0) is 18.6 Å². The van der Waals surface area contributed by atoms with E-state index in [1.807, 2.05) is 0 Å². The van der Waals surface area contributed by atoms with Gasteiger partial charge in [0.05, 0.1) is 5.41 Å². The number of aliphatic hydroxyl groups is 2. The molecule has 2 aliphatic heterocycles. The summed E-state index contributed by atoms with van der Waals surface area (Å²) in [6.07, 6.45) is -1.24. The lowest BCUT2D eigenvalue weighted by atomic mass is 9.49. The minimum absolute atomic E-state index is 0.0276. The molecule has 4 aliphatic rings. The largest absolute Gasteiger partial charge is 0.462 e. The van der Waals surface area contributed by atoms with Crippen molar-refractivity contribution in [3.63, 3.8) is 0 Å². The van der Waals surface area contributed by atoms with Crippen molar-refractivity contribution in [3.8, 4) is 0 Å². The maximum absolute atomic E-state index is 12.3. The highest BCUT2D eigenvalue weighted by atomic mass is 16.6. The lowest BCUT2D eigenvalue weighted by molar-refractivity contribution is -0.232. The summed E-state index contributed by atoms with van der Waals surface area (Å²) in [5, 5.41) is 21.4. The van der Waals surface area contributed by atoms with Crippen LogP contribution in [0.5, 0.6) is 0 Å². The Morgan fingerprint density at radius 1 is 1.32 bits per heavy atom. The molecule has 2 N–H and O–H groups in total. The molecule has 7 heteroatoms. The number of carbonyl (C=O) groups is 3. The third-order valence-corrected chi connectivity index (χ3v) is 6.19. The van der Waals surface area contributed by atoms with Gasteiger partial charge in [0.1, 0.15) is 12.7 Å². The van der Waals surface area contributed by atoms with Gasteiger partial charge in [0, 0.05) is 17.8 Å². The van der Waals surface area contributed by atoms with E-state index in [-0.39, 0.29) is 18.8 Å². The van der Waals surface area contributed by atoms with Crippen molar-refractivity contribution in [2.24, 2.45) is 16.7 Å². The molecule has 2 aliphatic carbocycles. The van der Waals surface area contributed by atoms with Crippen LogP contribution in [-0.4, -0.2) is 52.4 Å². The number of esters is 2. The summed E-state index contributed by atoms with van der Waals surface area (Å²) in [6, 6.07) is 0. The summed E-state index contributed by atoms with van der Waals surface area (Å²) in [5.41, 5.74) is -3.94. The molecule has 0 unspecified atom stereocenters. The van der Waals surface area contributed by atoms with Crippen molar-refractivity contribution in [1.82, 2.24) is 0 Å². The maximum Gasteiger partial charge on any atom is 0.343 e. The van der Waals surface area contributed by atoms with Gasteiger partial charge in [-0.25, -0.2) is 9.59 Å². The van der Waals surface area contributed by atoms with Crippen molar-refractivity contribution < 1.29 is 34.1 Å². The van der Waals surface area contributed by atoms with Crippen LogP contribution in [0.2, 0.25) is 0 Å². The van der Waals surface area contributed by atoms with Gasteiger partial charge in [-0.3, -0.25) is 4.79 Å². The number of ketones is 1. The van der Waals surface area contributed by atoms with Gasteiger partial charge in [-0.2, -0.15) is 0 Å². The zero-order chi connectivity index (χ0) is 16.1. The molecule has 1 saturated carbocycles. The lowest BCUT2D eigenvalue weighted by Gasteiger charge is -2.57. The van der Waals surface area contributed by atoms with Crippen LogP contribution in [0.25, 0.3) is 0 Å². The highest BCUT2D eigenvalue weighted by molar-refractivity contribution is 6.00. The Balaban J connectivity index is 2.02. The van der Waals surface area contributed by atoms with Crippen LogP contribution in [0.15, 0.2) is 11.6 Å². The van der Waals surface area contributed by atoms with E-state index < -0.39 is 46.5 Å². The molecule has 7 nitrogen and oxygen atoms in total. The van der Waals surface area contributed by atoms with Gasteiger partial charge in [0.15, 0.2) is 11.9 Å². The Morgan fingerprint density at radius 2 is 2.00 bits per heavy atom. The smallest absolute Gasteiger partial charge is 0.343 e. The molecule has 0 aromatic rings. The second kappa shape index (κ2) is 3.60. The molecule has 1 spiro atoms. The fourth-order valence-electron chi connectivity index (χ4n) is 4.77. The zero-order valence-electron chi connectivity index (χ0n) is 12.2. The second-order valence-corrected chi connectivity index (χ2v) is 6.93. The number of cyclic esters (lactones) is 1. The van der Waals surface area contributed by atoms with Crippen molar-refractivity contribution in [3.05, 3.63) is 11.6 Å². The molecule has 0 amide bonds. The molecule has 2 bridgehead atoms. The van der Waals surface area contributed by atoms with E-state index >= 15 is 0 Å². The fraction of sp³-hybridized carbons (Fsp3) is 0.667. The van der Waals surface area contributed by atoms with Crippen LogP contribution in [0.1, 0.15) is 20.3 Å². The monoisotopic (exact) mass is 308 g/mol. The third-order valence-electron chi connectivity index (χ3n) is 6.19. The van der Waals surface area contributed by atoms with Crippen LogP contribution >= 0.6 is 0 Å². The van der Waals surface area contributed by atoms with E-state index in [1.54, 1.807) is 13.8 Å². The Hall–Kier alpha value is -1.73. The highest BCUT2D eigenvalue weighted by Gasteiger charge is 2.78. The van der Waals surface area contributed by atoms with Gasteiger partial charge >= 0.3 is 11.9 Å². The standard InChI is InChI=1S/C15H16O7/c1-6-7(16)3-8-13(2)5-21-12(19)15(13,20)9-4-14(6,8)10(17)11(18)22-9/h3,6,9-10,17,20H,4-5H2,1-2H3/t6-,9-,10+,13-,14+,15+/m0/s1. The topological polar surface area (TPSA) is 110 Å². The summed E-state index contributed by atoms with van der Waals surface area (Å²) in [5.74, 6) is -2.62. The third kappa shape index (κ3) is 1.10. The highest BCUT2D eigenvalue weighted by Crippen LogP contribution is 2.66. The first-order valence-electron chi connectivity index (χ1n) is 7.24. The zero-order valence-corrected chi connectivity index (χ0v) is 12.2. The van der Waals surface area contributed by atoms with E-state index in [1.165, 1.54) is 6.08 Å². The van der Waals surface area contributed by atoms with E-state index in [0.717, 1.165) is 0 Å². The average Bonchev–Trinajstić information content (AvgIpc) is 2.87. The summed E-state index contributed by atoms with van der Waals surface area (Å²) in [4.78, 5) is 36.5. The number of hydrogen-bond acceptors (Lipinski definition) is 7. The summed E-state index contributed by atoms with van der Waals surface area (Å²) < 4.78 is 10.2. The minimum Gasteiger partial charge on any atom is -0.462 e. The number of carbonyl (C=O) groups excluding carboxylic acids is 3. The van der Waals surface area contributed by atoms with Gasteiger partial charge in [-0.15, -0.1) is 0 Å². The molecule has 6 atom stereocenters. The molecule has 4 rings (SSSR count). The van der Waals surface area contributed by atoms with Crippen LogP contribution in [-0.2, 0) is 23.9 Å². The van der Waals surface area contributed by atoms with E-state index in [4.69, 9.17) is 9.47 Å². The van der Waals surface area contributed by atoms with Gasteiger partial charge in [0.2, 0.25) is 5.60 Å². The molecule has 0 radical (unpaired) electrons. The maximum atomic E-state index is 12.3. The van der Waals surface area contributed by atoms with E-state index in [9.17, 15) is 24.6 Å². The molecule has 118 valence electrons. The molecule has 2 saturated heterocycles. The van der Waals surface area contributed by atoms with Crippen LogP contribution in [0.4, 0.5) is 0 Å². The number of hydrogen-bond donors (Lipinski definition) is 2. The second-order valence-electron chi connectivity index (χ2n) is 6.93. The predicted octanol–water partition coefficient (Wildman–Crippen LogP) is -0.898. The number of fused-ring (bicyclic) bond motifs is 4. The van der Waals surface area contributed by atoms with Crippen LogP contribution < -0.4 is 0 Å². The normalized spacial score (nSPS) is 52.6. The number of ether oxygens (including phenoxy) is 2. The SMILES string of the molecule is C[C@H]1C(=O)C=C2[C@@]13C[C@H](OC(=O)[C@H]3O)[C@@]1(O)C(=O)OC[C@@]21C. The van der Waals surface area contributed by atoms with E-state index in [2.05, 4.69) is 0 Å². The molecule has 2 heterocycles. The number of allylic oxidation sites excluding steroid dienone is 1. The predicted molar refractivity (Wildman–Crippen MR) is 69.2 cm³/mol. The average molecular weight is 308 g/mol. The Bertz CT molecular complexity index is 667. The quantitative estimate of drug-likeness (QED) is 0.558. The van der Waals surface area contributed by atoms with E-state index in [0.29, 0.717) is 5.57 Å². The first-order chi connectivity index (χ1) is 10.2. The van der Waals surface area contributed by atoms with Gasteiger partial charge in [0.25, 0.3) is 0 Å². The molecule has 0 aromatic heterocycles. The first kappa shape index (κ1) is 13.9. The molecule has 0 aromatic carbocycles. The molecular formula is C15H16O7. The van der Waals surface area contributed by atoms with Gasteiger partial charge < -0.3 is 19.7 Å². The van der Waals surface area contributed by atoms with Crippen molar-refractivity contribution in [2.45, 2.75) is 38.1 Å². The van der Waals surface area contributed by atoms with Crippen molar-refractivity contribution in [2.75, 3.05) is 6.61 Å². The van der Waals surface area contributed by atoms with Crippen LogP contribution in [0, 0.1) is 16.7 Å². The Kier molecular flexibility index (Phi) is 2.27. The van der Waals surface area contributed by atoms with Crippen LogP contribution in [0.3, 0.4) is 0 Å². The van der Waals surface area contributed by atoms with Crippen molar-refractivity contribution >= 4 is 17.7 Å². The van der Waals surface area contributed by atoms with Gasteiger partial charge in [-0.1, -0.05) is 6.92 Å². The Labute approximate surface area is 125 Å². The van der Waals surface area contributed by atoms with Crippen molar-refractivity contribution in [1.29, 1.82) is 0 Å². The first-order valence-corrected chi connectivity index (χ1v) is 7.24. The molecule has 22 heavy (non-hydrogen) atoms. The summed E-state index contributed by atoms with van der Waals surface area (Å²) >= 11 is 0. The lowest BCUT2D eigenvalue weighted by Crippen LogP contribution is -2.71. The Morgan fingerprint density at radius 3 is 2.68 bits per heavy atom. The number of rotatable bonds is 0. The summed E-state index contributed by atoms with van der Waals surface area (Å²) in [6.45, 7) is 3.15. The molecular weight excluding hydrogens is 292 g/mol.